The van der Waals surface area contributed by atoms with Crippen LogP contribution in [0.5, 0.6) is 11.5 Å². The topological polar surface area (TPSA) is 87.8 Å². The van der Waals surface area contributed by atoms with Crippen molar-refractivity contribution < 1.29 is 19.0 Å². The van der Waals surface area contributed by atoms with Crippen LogP contribution in [0.2, 0.25) is 0 Å². The summed E-state index contributed by atoms with van der Waals surface area (Å²) >= 11 is 0. The van der Waals surface area contributed by atoms with Gasteiger partial charge in [0, 0.05) is 25.0 Å². The van der Waals surface area contributed by atoms with Crippen LogP contribution in [0.4, 0.5) is 0 Å². The molecule has 0 aliphatic heterocycles. The molecule has 5 rings (SSSR count). The van der Waals surface area contributed by atoms with Crippen LogP contribution in [0.15, 0.2) is 48.5 Å². The molecule has 0 saturated carbocycles. The summed E-state index contributed by atoms with van der Waals surface area (Å²) in [6.45, 7) is 0.287. The van der Waals surface area contributed by atoms with Crippen molar-refractivity contribution in [1.82, 2.24) is 19.8 Å². The number of nitrogens with zero attached hydrogens (tertiary/aromatic N) is 4. The van der Waals surface area contributed by atoms with Crippen LogP contribution >= 0.6 is 0 Å². The molecule has 8 heteroatoms. The van der Waals surface area contributed by atoms with Gasteiger partial charge in [-0.3, -0.25) is 4.79 Å². The fourth-order valence-corrected chi connectivity index (χ4v) is 4.60. The van der Waals surface area contributed by atoms with Crippen molar-refractivity contribution in [1.29, 1.82) is 0 Å². The molecule has 8 nitrogen and oxygen atoms in total. The van der Waals surface area contributed by atoms with Gasteiger partial charge in [-0.05, 0) is 24.1 Å². The lowest BCUT2D eigenvalue weighted by Gasteiger charge is -2.24. The normalized spacial score (nSPS) is 15.5. The Morgan fingerprint density at radius 1 is 0.939 bits per heavy atom. The van der Waals surface area contributed by atoms with Gasteiger partial charge in [-0.1, -0.05) is 36.4 Å². The van der Waals surface area contributed by atoms with Crippen molar-refractivity contribution in [2.75, 3.05) is 21.3 Å². The zero-order chi connectivity index (χ0) is 22.9. The highest BCUT2D eigenvalue weighted by atomic mass is 16.5. The van der Waals surface area contributed by atoms with Gasteiger partial charge in [-0.15, -0.1) is 10.2 Å². The number of methoxy groups -OCH3 is 3. The van der Waals surface area contributed by atoms with E-state index in [1.807, 2.05) is 48.5 Å². The summed E-state index contributed by atoms with van der Waals surface area (Å²) in [6.07, 6.45) is 0.937. The first-order chi connectivity index (χ1) is 16.2. The van der Waals surface area contributed by atoms with Crippen molar-refractivity contribution in [3.8, 4) is 22.6 Å². The van der Waals surface area contributed by atoms with Crippen LogP contribution in [-0.2, 0) is 17.8 Å². The summed E-state index contributed by atoms with van der Waals surface area (Å²) < 4.78 is 18.3. The zero-order valence-corrected chi connectivity index (χ0v) is 18.7. The van der Waals surface area contributed by atoms with E-state index < -0.39 is 0 Å². The molecule has 0 spiro atoms. The Balaban J connectivity index is 1.70. The van der Waals surface area contributed by atoms with Crippen LogP contribution in [0.25, 0.3) is 16.8 Å². The van der Waals surface area contributed by atoms with E-state index in [0.29, 0.717) is 35.6 Å². The molecule has 0 amide bonds. The van der Waals surface area contributed by atoms with Gasteiger partial charge in [0.25, 0.3) is 0 Å². The Hall–Kier alpha value is -3.78. The summed E-state index contributed by atoms with van der Waals surface area (Å²) in [5.74, 6) is 1.38. The standard InChI is InChI=1S/C25H24N4O4/c1-31-14-18-23(17-9-5-7-11-22(17)33-3)25-27-26-24-19(29(25)28-18)12-15(13-20(24)30)16-8-4-6-10-21(16)32-2/h4-11,15H,12-14H2,1-3H3. The van der Waals surface area contributed by atoms with E-state index in [2.05, 4.69) is 10.2 Å². The van der Waals surface area contributed by atoms with E-state index >= 15 is 0 Å². The van der Waals surface area contributed by atoms with Gasteiger partial charge < -0.3 is 14.2 Å². The summed E-state index contributed by atoms with van der Waals surface area (Å²) in [5, 5.41) is 13.6. The molecule has 1 atom stereocenters. The average molecular weight is 444 g/mol. The number of fused-ring (bicyclic) bond motifs is 3. The molecule has 1 aliphatic rings. The highest BCUT2D eigenvalue weighted by Crippen LogP contribution is 2.39. The first kappa shape index (κ1) is 21.1. The third-order valence-corrected chi connectivity index (χ3v) is 6.08. The van der Waals surface area contributed by atoms with E-state index in [4.69, 9.17) is 19.3 Å². The number of benzene rings is 2. The predicted octanol–water partition coefficient (Wildman–Crippen LogP) is 3.87. The van der Waals surface area contributed by atoms with Crippen LogP contribution < -0.4 is 9.47 Å². The summed E-state index contributed by atoms with van der Waals surface area (Å²) in [5.41, 5.74) is 5.02. The van der Waals surface area contributed by atoms with Crippen molar-refractivity contribution in [3.63, 3.8) is 0 Å². The van der Waals surface area contributed by atoms with Gasteiger partial charge in [0.2, 0.25) is 0 Å². The van der Waals surface area contributed by atoms with Crippen molar-refractivity contribution in [2.45, 2.75) is 25.4 Å². The molecule has 1 unspecified atom stereocenters. The van der Waals surface area contributed by atoms with Gasteiger partial charge >= 0.3 is 0 Å². The minimum absolute atomic E-state index is 0.0432. The highest BCUT2D eigenvalue weighted by molar-refractivity contribution is 5.97. The molecule has 0 radical (unpaired) electrons. The van der Waals surface area contributed by atoms with Gasteiger partial charge in [0.05, 0.1) is 37.8 Å². The molecule has 33 heavy (non-hydrogen) atoms. The molecule has 2 heterocycles. The Labute approximate surface area is 191 Å². The molecular weight excluding hydrogens is 420 g/mol. The third kappa shape index (κ3) is 3.52. The smallest absolute Gasteiger partial charge is 0.186 e. The van der Waals surface area contributed by atoms with E-state index in [1.165, 1.54) is 0 Å². The Bertz CT molecular complexity index is 1350. The number of aromatic nitrogens is 4. The van der Waals surface area contributed by atoms with Gasteiger partial charge in [-0.2, -0.15) is 5.10 Å². The molecule has 0 N–H and O–H groups in total. The molecule has 1 aliphatic carbocycles. The molecule has 0 fully saturated rings. The number of hydrogen-bond acceptors (Lipinski definition) is 7. The first-order valence-electron chi connectivity index (χ1n) is 10.7. The number of Topliss-reactive ketones (excluding diaryl/α,β-unsaturated/α-hetero) is 1. The maximum absolute atomic E-state index is 13.1. The van der Waals surface area contributed by atoms with Crippen LogP contribution in [0.3, 0.4) is 0 Å². The molecular formula is C25H24N4O4. The van der Waals surface area contributed by atoms with Gasteiger partial charge in [0.15, 0.2) is 17.1 Å². The SMILES string of the molecule is COCc1nn2c3c(nnc2c1-c1ccccc1OC)C(=O)CC(c1ccccc1OC)C3. The fraction of sp³-hybridized carbons (Fsp3) is 0.280. The van der Waals surface area contributed by atoms with E-state index in [1.54, 1.807) is 25.8 Å². The quantitative estimate of drug-likeness (QED) is 0.446. The van der Waals surface area contributed by atoms with Crippen molar-refractivity contribution >= 4 is 11.4 Å². The second-order valence-corrected chi connectivity index (χ2v) is 7.96. The monoisotopic (exact) mass is 444 g/mol. The second kappa shape index (κ2) is 8.63. The number of ketones is 1. The maximum atomic E-state index is 13.1. The zero-order valence-electron chi connectivity index (χ0n) is 18.7. The summed E-state index contributed by atoms with van der Waals surface area (Å²) in [7, 11) is 4.90. The summed E-state index contributed by atoms with van der Waals surface area (Å²) in [6, 6.07) is 15.5. The lowest BCUT2D eigenvalue weighted by atomic mass is 9.83. The first-order valence-corrected chi connectivity index (χ1v) is 10.7. The maximum Gasteiger partial charge on any atom is 0.186 e. The highest BCUT2D eigenvalue weighted by Gasteiger charge is 2.33. The minimum atomic E-state index is -0.0517. The Morgan fingerprint density at radius 3 is 2.42 bits per heavy atom. The largest absolute Gasteiger partial charge is 0.496 e. The predicted molar refractivity (Wildman–Crippen MR) is 122 cm³/mol. The molecule has 168 valence electrons. The lowest BCUT2D eigenvalue weighted by Crippen LogP contribution is -2.24. The van der Waals surface area contributed by atoms with E-state index in [9.17, 15) is 4.79 Å². The molecule has 2 aromatic heterocycles. The van der Waals surface area contributed by atoms with E-state index in [-0.39, 0.29) is 18.3 Å². The third-order valence-electron chi connectivity index (χ3n) is 6.08. The number of carbonyl (C=O) groups is 1. The van der Waals surface area contributed by atoms with Gasteiger partial charge in [0.1, 0.15) is 11.5 Å². The molecule has 0 bridgehead atoms. The van der Waals surface area contributed by atoms with Crippen molar-refractivity contribution in [3.05, 3.63) is 71.2 Å². The number of para-hydroxylation sites is 2. The van der Waals surface area contributed by atoms with Gasteiger partial charge in [-0.25, -0.2) is 4.52 Å². The second-order valence-electron chi connectivity index (χ2n) is 7.96. The Morgan fingerprint density at radius 2 is 1.67 bits per heavy atom. The van der Waals surface area contributed by atoms with E-state index in [0.717, 1.165) is 28.1 Å². The minimum Gasteiger partial charge on any atom is -0.496 e. The number of rotatable bonds is 6. The average Bonchev–Trinajstić information content (AvgIpc) is 3.22. The summed E-state index contributed by atoms with van der Waals surface area (Å²) in [4.78, 5) is 13.1. The molecule has 0 saturated heterocycles. The Kier molecular flexibility index (Phi) is 5.51. The van der Waals surface area contributed by atoms with Crippen LogP contribution in [0, 0.1) is 0 Å². The number of hydrogen-bond donors (Lipinski definition) is 0. The fourth-order valence-electron chi connectivity index (χ4n) is 4.60. The number of ether oxygens (including phenoxy) is 3. The molecule has 2 aromatic carbocycles. The van der Waals surface area contributed by atoms with Crippen LogP contribution in [-0.4, -0.2) is 46.9 Å². The van der Waals surface area contributed by atoms with Crippen LogP contribution in [0.1, 0.15) is 39.8 Å². The number of carbonyl (C=O) groups excluding carboxylic acids is 1. The lowest BCUT2D eigenvalue weighted by molar-refractivity contribution is 0.0955. The van der Waals surface area contributed by atoms with Crippen molar-refractivity contribution in [2.24, 2.45) is 0 Å². The molecule has 4 aromatic rings.